The zero-order valence-electron chi connectivity index (χ0n) is 14.4. The SMILES string of the molecule is CCCCCCCCCCC/C=C/C(O)CCCCC(=O)O. The van der Waals surface area contributed by atoms with Crippen molar-refractivity contribution in [2.45, 2.75) is 103 Å². The Labute approximate surface area is 136 Å². The predicted octanol–water partition coefficient (Wildman–Crippen LogP) is 5.47. The normalized spacial score (nSPS) is 12.8. The molecule has 0 rings (SSSR count). The fraction of sp³-hybridized carbons (Fsp3) is 0.842. The maximum Gasteiger partial charge on any atom is 0.303 e. The number of aliphatic carboxylic acids is 1. The van der Waals surface area contributed by atoms with Crippen molar-refractivity contribution in [2.75, 3.05) is 0 Å². The molecule has 3 nitrogen and oxygen atoms in total. The Balaban J connectivity index is 3.26. The molecular formula is C19H36O3. The molecule has 0 amide bonds. The molecule has 0 fully saturated rings. The third-order valence-electron chi connectivity index (χ3n) is 3.97. The molecular weight excluding hydrogens is 276 g/mol. The van der Waals surface area contributed by atoms with Crippen LogP contribution in [0.15, 0.2) is 12.2 Å². The summed E-state index contributed by atoms with van der Waals surface area (Å²) in [7, 11) is 0. The summed E-state index contributed by atoms with van der Waals surface area (Å²) in [5.74, 6) is -0.754. The van der Waals surface area contributed by atoms with Crippen molar-refractivity contribution in [3.05, 3.63) is 12.2 Å². The van der Waals surface area contributed by atoms with Crippen LogP contribution in [0.2, 0.25) is 0 Å². The minimum Gasteiger partial charge on any atom is -0.481 e. The van der Waals surface area contributed by atoms with E-state index in [0.29, 0.717) is 12.8 Å². The van der Waals surface area contributed by atoms with Crippen molar-refractivity contribution in [1.29, 1.82) is 0 Å². The second-order valence-corrected chi connectivity index (χ2v) is 6.25. The smallest absolute Gasteiger partial charge is 0.303 e. The van der Waals surface area contributed by atoms with Crippen LogP contribution in [-0.4, -0.2) is 22.3 Å². The lowest BCUT2D eigenvalue weighted by Crippen LogP contribution is -2.02. The molecule has 0 bridgehead atoms. The van der Waals surface area contributed by atoms with E-state index in [1.165, 1.54) is 57.8 Å². The molecule has 0 spiro atoms. The van der Waals surface area contributed by atoms with Gasteiger partial charge in [-0.2, -0.15) is 0 Å². The molecule has 0 aliphatic rings. The summed E-state index contributed by atoms with van der Waals surface area (Å²) in [4.78, 5) is 10.4. The van der Waals surface area contributed by atoms with Crippen LogP contribution >= 0.6 is 0 Å². The first-order chi connectivity index (χ1) is 10.7. The molecule has 0 aromatic carbocycles. The Morgan fingerprint density at radius 2 is 1.50 bits per heavy atom. The Hall–Kier alpha value is -0.830. The zero-order valence-corrected chi connectivity index (χ0v) is 14.4. The van der Waals surface area contributed by atoms with Gasteiger partial charge in [0, 0.05) is 6.42 Å². The number of hydrogen-bond acceptors (Lipinski definition) is 2. The van der Waals surface area contributed by atoms with Gasteiger partial charge in [0.15, 0.2) is 0 Å². The highest BCUT2D eigenvalue weighted by Gasteiger charge is 2.01. The van der Waals surface area contributed by atoms with E-state index < -0.39 is 12.1 Å². The average molecular weight is 312 g/mol. The Morgan fingerprint density at radius 3 is 2.09 bits per heavy atom. The predicted molar refractivity (Wildman–Crippen MR) is 93.1 cm³/mol. The molecule has 0 saturated carbocycles. The molecule has 0 aliphatic heterocycles. The summed E-state index contributed by atoms with van der Waals surface area (Å²) in [6, 6.07) is 0. The number of carboxylic acid groups (broad SMARTS) is 1. The summed E-state index contributed by atoms with van der Waals surface area (Å²) in [5.41, 5.74) is 0. The summed E-state index contributed by atoms with van der Waals surface area (Å²) in [6.07, 6.45) is 18.9. The van der Waals surface area contributed by atoms with Crippen LogP contribution in [0.5, 0.6) is 0 Å². The minimum absolute atomic E-state index is 0.203. The summed E-state index contributed by atoms with van der Waals surface area (Å²) in [5, 5.41) is 18.2. The van der Waals surface area contributed by atoms with Gasteiger partial charge in [0.1, 0.15) is 0 Å². The second kappa shape index (κ2) is 16.5. The largest absolute Gasteiger partial charge is 0.481 e. The molecule has 0 aliphatic carbocycles. The fourth-order valence-electron chi connectivity index (χ4n) is 2.55. The van der Waals surface area contributed by atoms with Gasteiger partial charge >= 0.3 is 5.97 Å². The van der Waals surface area contributed by atoms with Gasteiger partial charge in [0.05, 0.1) is 6.10 Å². The third-order valence-corrected chi connectivity index (χ3v) is 3.97. The topological polar surface area (TPSA) is 57.5 Å². The lowest BCUT2D eigenvalue weighted by Gasteiger charge is -2.04. The lowest BCUT2D eigenvalue weighted by molar-refractivity contribution is -0.137. The van der Waals surface area contributed by atoms with Crippen LogP contribution in [0.3, 0.4) is 0 Å². The average Bonchev–Trinajstić information content (AvgIpc) is 2.49. The summed E-state index contributed by atoms with van der Waals surface area (Å²) in [6.45, 7) is 2.25. The highest BCUT2D eigenvalue weighted by Crippen LogP contribution is 2.11. The molecule has 0 saturated heterocycles. The van der Waals surface area contributed by atoms with Crippen molar-refractivity contribution in [3.8, 4) is 0 Å². The van der Waals surface area contributed by atoms with Gasteiger partial charge in [-0.25, -0.2) is 0 Å². The van der Waals surface area contributed by atoms with Gasteiger partial charge < -0.3 is 10.2 Å². The molecule has 0 radical (unpaired) electrons. The molecule has 0 heterocycles. The van der Waals surface area contributed by atoms with Crippen molar-refractivity contribution in [1.82, 2.24) is 0 Å². The van der Waals surface area contributed by atoms with Gasteiger partial charge in [-0.15, -0.1) is 0 Å². The molecule has 3 heteroatoms. The van der Waals surface area contributed by atoms with Crippen LogP contribution in [0.1, 0.15) is 96.8 Å². The number of aliphatic hydroxyl groups excluding tert-OH is 1. The van der Waals surface area contributed by atoms with Gasteiger partial charge in [-0.05, 0) is 32.1 Å². The fourth-order valence-corrected chi connectivity index (χ4v) is 2.55. The molecule has 0 aromatic heterocycles. The molecule has 22 heavy (non-hydrogen) atoms. The Kier molecular flexibility index (Phi) is 15.9. The van der Waals surface area contributed by atoms with E-state index in [1.807, 2.05) is 6.08 Å². The first-order valence-corrected chi connectivity index (χ1v) is 9.23. The molecule has 2 N–H and O–H groups in total. The van der Waals surface area contributed by atoms with Crippen LogP contribution < -0.4 is 0 Å². The van der Waals surface area contributed by atoms with Crippen LogP contribution in [-0.2, 0) is 4.79 Å². The van der Waals surface area contributed by atoms with E-state index in [4.69, 9.17) is 5.11 Å². The maximum absolute atomic E-state index is 10.4. The third kappa shape index (κ3) is 17.2. The van der Waals surface area contributed by atoms with E-state index in [0.717, 1.165) is 12.8 Å². The minimum atomic E-state index is -0.754. The van der Waals surface area contributed by atoms with Gasteiger partial charge in [0.2, 0.25) is 0 Å². The molecule has 1 atom stereocenters. The van der Waals surface area contributed by atoms with Gasteiger partial charge in [0.25, 0.3) is 0 Å². The number of aliphatic hydroxyl groups is 1. The summed E-state index contributed by atoms with van der Waals surface area (Å²) >= 11 is 0. The van der Waals surface area contributed by atoms with Crippen molar-refractivity contribution in [2.24, 2.45) is 0 Å². The Morgan fingerprint density at radius 1 is 0.909 bits per heavy atom. The first-order valence-electron chi connectivity index (χ1n) is 9.23. The van der Waals surface area contributed by atoms with Crippen LogP contribution in [0.25, 0.3) is 0 Å². The van der Waals surface area contributed by atoms with E-state index in [2.05, 4.69) is 13.0 Å². The monoisotopic (exact) mass is 312 g/mol. The van der Waals surface area contributed by atoms with Crippen molar-refractivity contribution in [3.63, 3.8) is 0 Å². The number of hydrogen-bond donors (Lipinski definition) is 2. The highest BCUT2D eigenvalue weighted by molar-refractivity contribution is 5.66. The van der Waals surface area contributed by atoms with Crippen LogP contribution in [0, 0.1) is 0 Å². The highest BCUT2D eigenvalue weighted by atomic mass is 16.4. The van der Waals surface area contributed by atoms with Crippen LogP contribution in [0.4, 0.5) is 0 Å². The second-order valence-electron chi connectivity index (χ2n) is 6.25. The molecule has 0 aromatic rings. The van der Waals surface area contributed by atoms with Gasteiger partial charge in [-0.1, -0.05) is 70.4 Å². The molecule has 130 valence electrons. The number of unbranched alkanes of at least 4 members (excludes halogenated alkanes) is 10. The number of carbonyl (C=O) groups is 1. The molecule has 1 unspecified atom stereocenters. The van der Waals surface area contributed by atoms with Gasteiger partial charge in [-0.3, -0.25) is 4.79 Å². The standard InChI is InChI=1S/C19H36O3/c1-2-3-4-5-6-7-8-9-10-11-12-15-18(20)16-13-14-17-19(21)22/h12,15,18,20H,2-11,13-14,16-17H2,1H3,(H,21,22)/b15-12+. The lowest BCUT2D eigenvalue weighted by atomic mass is 10.1. The summed E-state index contributed by atoms with van der Waals surface area (Å²) < 4.78 is 0. The number of rotatable bonds is 16. The van der Waals surface area contributed by atoms with Crippen molar-refractivity contribution >= 4 is 5.97 Å². The van der Waals surface area contributed by atoms with E-state index in [9.17, 15) is 9.90 Å². The zero-order chi connectivity index (χ0) is 16.5. The number of allylic oxidation sites excluding steroid dienone is 1. The van der Waals surface area contributed by atoms with E-state index in [1.54, 1.807) is 0 Å². The number of carboxylic acids is 1. The quantitative estimate of drug-likeness (QED) is 0.293. The Bertz CT molecular complexity index is 274. The van der Waals surface area contributed by atoms with Crippen molar-refractivity contribution < 1.29 is 15.0 Å². The van der Waals surface area contributed by atoms with E-state index in [-0.39, 0.29) is 6.42 Å². The first kappa shape index (κ1) is 21.2. The maximum atomic E-state index is 10.4. The van der Waals surface area contributed by atoms with E-state index >= 15 is 0 Å².